The Morgan fingerprint density at radius 2 is 1.88 bits per heavy atom. The third kappa shape index (κ3) is 3.85. The quantitative estimate of drug-likeness (QED) is 0.763. The Kier molecular flexibility index (Phi) is 5.33. The second-order valence-electron chi connectivity index (χ2n) is 6.61. The van der Waals surface area contributed by atoms with E-state index in [1.54, 1.807) is 25.1 Å². The van der Waals surface area contributed by atoms with Crippen molar-refractivity contribution in [2.24, 2.45) is 0 Å². The summed E-state index contributed by atoms with van der Waals surface area (Å²) in [5.41, 5.74) is 0.267. The van der Waals surface area contributed by atoms with E-state index >= 15 is 0 Å². The fourth-order valence-electron chi connectivity index (χ4n) is 3.52. The van der Waals surface area contributed by atoms with Gasteiger partial charge in [0.05, 0.1) is 15.6 Å². The van der Waals surface area contributed by atoms with Crippen LogP contribution in [0.25, 0.3) is 0 Å². The van der Waals surface area contributed by atoms with E-state index in [4.69, 9.17) is 23.2 Å². The Hall–Kier alpha value is -1.30. The molecule has 1 aromatic rings. The molecule has 2 saturated heterocycles. The van der Waals surface area contributed by atoms with Crippen molar-refractivity contribution >= 4 is 35.0 Å². The van der Waals surface area contributed by atoms with E-state index in [0.717, 1.165) is 12.8 Å². The molecule has 3 rings (SSSR count). The van der Waals surface area contributed by atoms with Crippen molar-refractivity contribution in [1.82, 2.24) is 16.0 Å². The maximum atomic E-state index is 12.4. The number of hydrogen-bond donors (Lipinski definition) is 3. The monoisotopic (exact) mass is 369 g/mol. The third-order valence-electron chi connectivity index (χ3n) is 4.76. The summed E-state index contributed by atoms with van der Waals surface area (Å²) in [7, 11) is 0. The summed E-state index contributed by atoms with van der Waals surface area (Å²) >= 11 is 12.0. The van der Waals surface area contributed by atoms with Gasteiger partial charge in [0.2, 0.25) is 5.91 Å². The first-order valence-corrected chi connectivity index (χ1v) is 9.01. The van der Waals surface area contributed by atoms with Gasteiger partial charge in [0.15, 0.2) is 0 Å². The van der Waals surface area contributed by atoms with Gasteiger partial charge in [-0.25, -0.2) is 0 Å². The summed E-state index contributed by atoms with van der Waals surface area (Å²) in [5.74, 6) is -0.580. The predicted octanol–water partition coefficient (Wildman–Crippen LogP) is 2.51. The van der Waals surface area contributed by atoms with E-state index in [1.807, 2.05) is 0 Å². The lowest BCUT2D eigenvalue weighted by Crippen LogP contribution is -2.52. The van der Waals surface area contributed by atoms with Crippen LogP contribution in [0, 0.1) is 0 Å². The van der Waals surface area contributed by atoms with E-state index in [0.29, 0.717) is 17.1 Å². The number of fused-ring (bicyclic) bond motifs is 2. The van der Waals surface area contributed by atoms with Gasteiger partial charge >= 0.3 is 0 Å². The largest absolute Gasteiger partial charge is 0.351 e. The molecule has 7 heteroatoms. The molecule has 3 unspecified atom stereocenters. The normalized spacial score (nSPS) is 26.7. The predicted molar refractivity (Wildman–Crippen MR) is 94.5 cm³/mol. The molecule has 2 aliphatic heterocycles. The van der Waals surface area contributed by atoms with Gasteiger partial charge in [0.1, 0.15) is 6.04 Å². The number of benzene rings is 1. The fraction of sp³-hybridized carbons (Fsp3) is 0.529. The number of carbonyl (C=O) groups is 2. The Balaban J connectivity index is 1.56. The first-order valence-electron chi connectivity index (χ1n) is 8.25. The van der Waals surface area contributed by atoms with Crippen molar-refractivity contribution < 1.29 is 9.59 Å². The van der Waals surface area contributed by atoms with Crippen molar-refractivity contribution in [3.63, 3.8) is 0 Å². The Morgan fingerprint density at radius 1 is 1.21 bits per heavy atom. The van der Waals surface area contributed by atoms with Crippen molar-refractivity contribution in [1.29, 1.82) is 0 Å². The van der Waals surface area contributed by atoms with Gasteiger partial charge in [-0.3, -0.25) is 9.59 Å². The van der Waals surface area contributed by atoms with Crippen LogP contribution in [0.4, 0.5) is 0 Å². The van der Waals surface area contributed by atoms with E-state index in [-0.39, 0.29) is 22.5 Å². The van der Waals surface area contributed by atoms with E-state index in [9.17, 15) is 9.59 Å². The minimum atomic E-state index is -0.639. The highest BCUT2D eigenvalue weighted by Gasteiger charge is 2.34. The number of nitrogens with one attached hydrogen (secondary N) is 3. The minimum absolute atomic E-state index is 0.172. The van der Waals surface area contributed by atoms with Crippen LogP contribution in [0.15, 0.2) is 18.2 Å². The van der Waals surface area contributed by atoms with Crippen molar-refractivity contribution in [3.8, 4) is 0 Å². The summed E-state index contributed by atoms with van der Waals surface area (Å²) in [6.45, 7) is 1.67. The number of rotatable bonds is 4. The Bertz CT molecular complexity index is 641. The van der Waals surface area contributed by atoms with Crippen LogP contribution in [-0.4, -0.2) is 36.0 Å². The summed E-state index contributed by atoms with van der Waals surface area (Å²) in [5, 5.41) is 9.78. The molecule has 5 nitrogen and oxygen atoms in total. The highest BCUT2D eigenvalue weighted by molar-refractivity contribution is 6.43. The standard InChI is InChI=1S/C17H21Cl2N3O2/c1-9(20-17(24)13-3-2-4-14(18)15(13)19)16(23)22-12-7-10-5-6-11(8-12)21-10/h2-4,9-12,21H,5-8H2,1H3,(H,20,24)(H,22,23). The van der Waals surface area contributed by atoms with E-state index < -0.39 is 11.9 Å². The van der Waals surface area contributed by atoms with Crippen molar-refractivity contribution in [3.05, 3.63) is 33.8 Å². The summed E-state index contributed by atoms with van der Waals surface area (Å²) in [4.78, 5) is 24.7. The highest BCUT2D eigenvalue weighted by Crippen LogP contribution is 2.27. The van der Waals surface area contributed by atoms with Crippen LogP contribution in [0.2, 0.25) is 10.0 Å². The maximum Gasteiger partial charge on any atom is 0.253 e. The smallest absolute Gasteiger partial charge is 0.253 e. The molecule has 0 spiro atoms. The molecule has 2 fully saturated rings. The van der Waals surface area contributed by atoms with Crippen LogP contribution < -0.4 is 16.0 Å². The van der Waals surface area contributed by atoms with Gasteiger partial charge in [-0.15, -0.1) is 0 Å². The molecular weight excluding hydrogens is 349 g/mol. The second kappa shape index (κ2) is 7.30. The lowest BCUT2D eigenvalue weighted by atomic mass is 9.99. The molecule has 0 aliphatic carbocycles. The molecule has 2 aliphatic rings. The fourth-order valence-corrected chi connectivity index (χ4v) is 3.91. The topological polar surface area (TPSA) is 70.2 Å². The zero-order valence-electron chi connectivity index (χ0n) is 13.4. The summed E-state index contributed by atoms with van der Waals surface area (Å²) in [6, 6.07) is 5.39. The lowest BCUT2D eigenvalue weighted by Gasteiger charge is -2.30. The van der Waals surface area contributed by atoms with E-state index in [2.05, 4.69) is 16.0 Å². The zero-order chi connectivity index (χ0) is 17.3. The number of piperidine rings is 1. The second-order valence-corrected chi connectivity index (χ2v) is 7.40. The molecule has 3 atom stereocenters. The molecule has 130 valence electrons. The summed E-state index contributed by atoms with van der Waals surface area (Å²) in [6.07, 6.45) is 4.25. The van der Waals surface area contributed by atoms with Crippen molar-refractivity contribution in [2.75, 3.05) is 0 Å². The number of hydrogen-bond acceptors (Lipinski definition) is 3. The van der Waals surface area contributed by atoms with Crippen LogP contribution in [0.3, 0.4) is 0 Å². The van der Waals surface area contributed by atoms with Crippen LogP contribution in [0.5, 0.6) is 0 Å². The Morgan fingerprint density at radius 3 is 2.54 bits per heavy atom. The number of halogens is 2. The maximum absolute atomic E-state index is 12.4. The van der Waals surface area contributed by atoms with Crippen LogP contribution in [0.1, 0.15) is 43.0 Å². The average molecular weight is 370 g/mol. The first kappa shape index (κ1) is 17.5. The molecule has 0 aromatic heterocycles. The van der Waals surface area contributed by atoms with Gasteiger partial charge in [-0.1, -0.05) is 29.3 Å². The highest BCUT2D eigenvalue weighted by atomic mass is 35.5. The van der Waals surface area contributed by atoms with Crippen LogP contribution in [-0.2, 0) is 4.79 Å². The molecular formula is C17H21Cl2N3O2. The van der Waals surface area contributed by atoms with Gasteiger partial charge in [-0.2, -0.15) is 0 Å². The molecule has 1 aromatic carbocycles. The lowest BCUT2D eigenvalue weighted by molar-refractivity contribution is -0.123. The van der Waals surface area contributed by atoms with E-state index in [1.165, 1.54) is 12.8 Å². The average Bonchev–Trinajstić information content (AvgIpc) is 2.88. The molecule has 24 heavy (non-hydrogen) atoms. The molecule has 3 N–H and O–H groups in total. The SMILES string of the molecule is CC(NC(=O)c1cccc(Cl)c1Cl)C(=O)NC1CC2CCC(C1)N2. The Labute approximate surface area is 151 Å². The zero-order valence-corrected chi connectivity index (χ0v) is 15.0. The van der Waals surface area contributed by atoms with Gasteiger partial charge < -0.3 is 16.0 Å². The minimum Gasteiger partial charge on any atom is -0.351 e. The summed E-state index contributed by atoms with van der Waals surface area (Å²) < 4.78 is 0. The van der Waals surface area contributed by atoms with Gasteiger partial charge in [0.25, 0.3) is 5.91 Å². The third-order valence-corrected chi connectivity index (χ3v) is 5.58. The van der Waals surface area contributed by atoms with Gasteiger partial charge in [-0.05, 0) is 44.7 Å². The molecule has 2 amide bonds. The molecule has 0 saturated carbocycles. The number of amides is 2. The van der Waals surface area contributed by atoms with Crippen LogP contribution >= 0.6 is 23.2 Å². The number of carbonyl (C=O) groups excluding carboxylic acids is 2. The molecule has 2 heterocycles. The van der Waals surface area contributed by atoms with Gasteiger partial charge in [0, 0.05) is 18.1 Å². The first-order chi connectivity index (χ1) is 11.4. The molecule has 0 radical (unpaired) electrons. The molecule has 2 bridgehead atoms. The van der Waals surface area contributed by atoms with Crippen molar-refractivity contribution in [2.45, 2.75) is 56.8 Å².